The van der Waals surface area contributed by atoms with Crippen molar-refractivity contribution in [2.24, 2.45) is 0 Å². The smallest absolute Gasteiger partial charge is 0.331 e. The molecule has 32 heavy (non-hydrogen) atoms. The minimum atomic E-state index is -0.939. The van der Waals surface area contributed by atoms with Crippen LogP contribution in [0.2, 0.25) is 0 Å². The summed E-state index contributed by atoms with van der Waals surface area (Å²) in [6.45, 7) is 6.17. The average Bonchev–Trinajstić information content (AvgIpc) is 3.32. The van der Waals surface area contributed by atoms with Crippen LogP contribution in [0.1, 0.15) is 70.4 Å². The summed E-state index contributed by atoms with van der Waals surface area (Å²) in [6.07, 6.45) is 9.02. The standard InChI is InChI=1S/C26H36N2O4/c1-4-22(5-2)32-24-15-21(26(30)31)14-23(25(24)28-17(3)29)27-16-18-10-12-20(13-11-18)19-8-6-7-9-19/h8,10-13,15,22-25,27H,4-7,9,14,16H2,1-3H3,(H,28,29)(H,30,31)/t23-,24+,25+/m0/s1. The lowest BCUT2D eigenvalue weighted by Gasteiger charge is -2.38. The number of aliphatic carboxylic acids is 1. The SMILES string of the molecule is CCC(CC)O[C@@H]1C=C(C(=O)O)C[C@H](NCc2ccc(C3=CCCC3)cc2)[C@H]1NC(C)=O. The molecule has 0 aromatic heterocycles. The highest BCUT2D eigenvalue weighted by Gasteiger charge is 2.37. The van der Waals surface area contributed by atoms with Crippen molar-refractivity contribution in [1.29, 1.82) is 0 Å². The van der Waals surface area contributed by atoms with Crippen LogP contribution in [0.5, 0.6) is 0 Å². The van der Waals surface area contributed by atoms with E-state index in [-0.39, 0.29) is 24.1 Å². The maximum absolute atomic E-state index is 11.9. The molecule has 6 nitrogen and oxygen atoms in total. The maximum atomic E-state index is 11.9. The van der Waals surface area contributed by atoms with Gasteiger partial charge in [0.25, 0.3) is 0 Å². The summed E-state index contributed by atoms with van der Waals surface area (Å²) < 4.78 is 6.24. The summed E-state index contributed by atoms with van der Waals surface area (Å²) in [5.41, 5.74) is 4.14. The van der Waals surface area contributed by atoms with Crippen molar-refractivity contribution in [2.45, 2.75) is 90.1 Å². The van der Waals surface area contributed by atoms with Gasteiger partial charge in [0.2, 0.25) is 5.91 Å². The molecule has 3 atom stereocenters. The summed E-state index contributed by atoms with van der Waals surface area (Å²) in [7, 11) is 0. The van der Waals surface area contributed by atoms with Crippen molar-refractivity contribution >= 4 is 17.4 Å². The molecule has 2 aliphatic rings. The van der Waals surface area contributed by atoms with Crippen LogP contribution in [-0.2, 0) is 20.9 Å². The number of carboxylic acids is 1. The van der Waals surface area contributed by atoms with Crippen LogP contribution in [0.15, 0.2) is 42.0 Å². The molecule has 1 aromatic rings. The second kappa shape index (κ2) is 11.4. The molecular formula is C26H36N2O4. The fraction of sp³-hybridized carbons (Fsp3) is 0.538. The summed E-state index contributed by atoms with van der Waals surface area (Å²) >= 11 is 0. The van der Waals surface area contributed by atoms with E-state index in [2.05, 4.69) is 41.0 Å². The van der Waals surface area contributed by atoms with E-state index in [1.54, 1.807) is 6.08 Å². The highest BCUT2D eigenvalue weighted by Crippen LogP contribution is 2.28. The normalized spacial score (nSPS) is 23.1. The van der Waals surface area contributed by atoms with Crippen molar-refractivity contribution in [1.82, 2.24) is 10.6 Å². The van der Waals surface area contributed by atoms with Gasteiger partial charge in [-0.15, -0.1) is 0 Å². The summed E-state index contributed by atoms with van der Waals surface area (Å²) in [5, 5.41) is 16.2. The van der Waals surface area contributed by atoms with Gasteiger partial charge in [-0.3, -0.25) is 4.79 Å². The molecule has 6 heteroatoms. The molecule has 0 saturated carbocycles. The number of rotatable bonds is 10. The van der Waals surface area contributed by atoms with E-state index in [1.165, 1.54) is 24.5 Å². The Kier molecular flexibility index (Phi) is 8.65. The number of hydrogen-bond acceptors (Lipinski definition) is 4. The molecule has 0 bridgehead atoms. The Morgan fingerprint density at radius 1 is 1.19 bits per heavy atom. The zero-order valence-corrected chi connectivity index (χ0v) is 19.4. The highest BCUT2D eigenvalue weighted by molar-refractivity contribution is 5.87. The molecular weight excluding hydrogens is 404 g/mol. The Balaban J connectivity index is 1.75. The van der Waals surface area contributed by atoms with Crippen molar-refractivity contribution in [2.75, 3.05) is 0 Å². The number of amides is 1. The quantitative estimate of drug-likeness (QED) is 0.507. The van der Waals surface area contributed by atoms with E-state index in [0.29, 0.717) is 18.5 Å². The van der Waals surface area contributed by atoms with E-state index >= 15 is 0 Å². The molecule has 0 saturated heterocycles. The van der Waals surface area contributed by atoms with Gasteiger partial charge in [-0.05, 0) is 61.3 Å². The van der Waals surface area contributed by atoms with Crippen LogP contribution in [0.3, 0.4) is 0 Å². The van der Waals surface area contributed by atoms with Crippen molar-refractivity contribution < 1.29 is 19.4 Å². The zero-order chi connectivity index (χ0) is 23.1. The Morgan fingerprint density at radius 2 is 1.91 bits per heavy atom. The lowest BCUT2D eigenvalue weighted by atomic mass is 9.87. The predicted octanol–water partition coefficient (Wildman–Crippen LogP) is 4.21. The molecule has 3 N–H and O–H groups in total. The molecule has 3 rings (SSSR count). The topological polar surface area (TPSA) is 87.7 Å². The summed E-state index contributed by atoms with van der Waals surface area (Å²) in [4.78, 5) is 23.7. The Bertz CT molecular complexity index is 855. The number of benzene rings is 1. The summed E-state index contributed by atoms with van der Waals surface area (Å²) in [5.74, 6) is -1.09. The van der Waals surface area contributed by atoms with Gasteiger partial charge in [0.1, 0.15) is 0 Å². The van der Waals surface area contributed by atoms with Gasteiger partial charge in [-0.25, -0.2) is 4.79 Å². The van der Waals surface area contributed by atoms with E-state index < -0.39 is 12.1 Å². The molecule has 174 valence electrons. The molecule has 0 heterocycles. The van der Waals surface area contributed by atoms with Gasteiger partial charge in [0.15, 0.2) is 0 Å². The summed E-state index contributed by atoms with van der Waals surface area (Å²) in [6, 6.07) is 7.96. The molecule has 0 fully saturated rings. The third kappa shape index (κ3) is 6.30. The average molecular weight is 441 g/mol. The molecule has 0 unspecified atom stereocenters. The third-order valence-corrected chi connectivity index (χ3v) is 6.43. The fourth-order valence-corrected chi connectivity index (χ4v) is 4.58. The van der Waals surface area contributed by atoms with Crippen LogP contribution in [0, 0.1) is 0 Å². The Morgan fingerprint density at radius 3 is 2.47 bits per heavy atom. The molecule has 1 amide bonds. The van der Waals surface area contributed by atoms with Crippen LogP contribution in [-0.4, -0.2) is 41.3 Å². The Hall–Kier alpha value is -2.44. The molecule has 2 aliphatic carbocycles. The van der Waals surface area contributed by atoms with Gasteiger partial charge in [0.05, 0.1) is 18.2 Å². The third-order valence-electron chi connectivity index (χ3n) is 6.43. The van der Waals surface area contributed by atoms with Crippen LogP contribution in [0.25, 0.3) is 5.57 Å². The lowest BCUT2D eigenvalue weighted by Crippen LogP contribution is -2.58. The second-order valence-electron chi connectivity index (χ2n) is 8.77. The largest absolute Gasteiger partial charge is 0.478 e. The van der Waals surface area contributed by atoms with Gasteiger partial charge in [-0.1, -0.05) is 44.2 Å². The van der Waals surface area contributed by atoms with Gasteiger partial charge in [-0.2, -0.15) is 0 Å². The van der Waals surface area contributed by atoms with Crippen LogP contribution >= 0.6 is 0 Å². The minimum absolute atomic E-state index is 0.0127. The van der Waals surface area contributed by atoms with E-state index in [9.17, 15) is 14.7 Å². The first-order chi connectivity index (χ1) is 15.4. The van der Waals surface area contributed by atoms with Crippen molar-refractivity contribution in [3.8, 4) is 0 Å². The fourth-order valence-electron chi connectivity index (χ4n) is 4.58. The monoisotopic (exact) mass is 440 g/mol. The number of carboxylic acid groups (broad SMARTS) is 1. The predicted molar refractivity (Wildman–Crippen MR) is 126 cm³/mol. The first-order valence-corrected chi connectivity index (χ1v) is 11.8. The first-order valence-electron chi connectivity index (χ1n) is 11.8. The van der Waals surface area contributed by atoms with Gasteiger partial charge >= 0.3 is 5.97 Å². The molecule has 1 aromatic carbocycles. The zero-order valence-electron chi connectivity index (χ0n) is 19.4. The number of allylic oxidation sites excluding steroid dienone is 2. The molecule has 0 radical (unpaired) electrons. The number of nitrogens with one attached hydrogen (secondary N) is 2. The number of hydrogen-bond donors (Lipinski definition) is 3. The number of carbonyl (C=O) groups excluding carboxylic acids is 1. The van der Waals surface area contributed by atoms with Gasteiger partial charge < -0.3 is 20.5 Å². The van der Waals surface area contributed by atoms with Crippen molar-refractivity contribution in [3.05, 3.63) is 53.1 Å². The number of carbonyl (C=O) groups is 2. The molecule has 0 spiro atoms. The van der Waals surface area contributed by atoms with Crippen LogP contribution in [0.4, 0.5) is 0 Å². The highest BCUT2D eigenvalue weighted by atomic mass is 16.5. The Labute approximate surface area is 191 Å². The van der Waals surface area contributed by atoms with Crippen molar-refractivity contribution in [3.63, 3.8) is 0 Å². The van der Waals surface area contributed by atoms with E-state index in [0.717, 1.165) is 31.2 Å². The first kappa shape index (κ1) is 24.2. The molecule has 0 aliphatic heterocycles. The number of ether oxygens (including phenoxy) is 1. The van der Waals surface area contributed by atoms with E-state index in [4.69, 9.17) is 4.74 Å². The maximum Gasteiger partial charge on any atom is 0.331 e. The second-order valence-corrected chi connectivity index (χ2v) is 8.77. The van der Waals surface area contributed by atoms with E-state index in [1.807, 2.05) is 13.8 Å². The van der Waals surface area contributed by atoms with Gasteiger partial charge in [0, 0.05) is 25.1 Å². The lowest BCUT2D eigenvalue weighted by molar-refractivity contribution is -0.133. The minimum Gasteiger partial charge on any atom is -0.478 e. The van der Waals surface area contributed by atoms with Crippen LogP contribution < -0.4 is 10.6 Å².